The third-order valence-electron chi connectivity index (χ3n) is 3.84. The van der Waals surface area contributed by atoms with Crippen LogP contribution in [0.4, 0.5) is 21.6 Å². The summed E-state index contributed by atoms with van der Waals surface area (Å²) >= 11 is 0. The fourth-order valence-corrected chi connectivity index (χ4v) is 2.50. The summed E-state index contributed by atoms with van der Waals surface area (Å²) in [5, 5.41) is 13.9. The number of benzene rings is 2. The summed E-state index contributed by atoms with van der Waals surface area (Å²) in [5.74, 6) is 0.155. The Hall–Kier alpha value is -3.28. The quantitative estimate of drug-likeness (QED) is 0.698. The minimum Gasteiger partial charge on any atom is -0.338 e. The number of amides is 1. The summed E-state index contributed by atoms with van der Waals surface area (Å²) in [4.78, 5) is 12.2. The van der Waals surface area contributed by atoms with Crippen molar-refractivity contribution in [3.8, 4) is 0 Å². The molecule has 0 saturated heterocycles. The maximum absolute atomic E-state index is 12.9. The second kappa shape index (κ2) is 7.74. The Balaban J connectivity index is 1.70. The third kappa shape index (κ3) is 4.22. The van der Waals surface area contributed by atoms with Crippen LogP contribution in [-0.4, -0.2) is 16.1 Å². The van der Waals surface area contributed by atoms with Gasteiger partial charge in [-0.15, -0.1) is 10.2 Å². The summed E-state index contributed by atoms with van der Waals surface area (Å²) in [6, 6.07) is 16.8. The van der Waals surface area contributed by atoms with Crippen molar-refractivity contribution < 1.29 is 9.18 Å². The fraction of sp³-hybridized carbons (Fsp3) is 0.150. The van der Waals surface area contributed by atoms with E-state index in [0.29, 0.717) is 17.4 Å². The van der Waals surface area contributed by atoms with Gasteiger partial charge in [0.05, 0.1) is 0 Å². The van der Waals surface area contributed by atoms with Gasteiger partial charge in [-0.3, -0.25) is 4.79 Å². The highest BCUT2D eigenvalue weighted by atomic mass is 19.1. The summed E-state index contributed by atoms with van der Waals surface area (Å²) in [5.41, 5.74) is 2.80. The van der Waals surface area contributed by atoms with Crippen LogP contribution in [0.1, 0.15) is 35.8 Å². The molecule has 3 aromatic rings. The number of nitrogens with zero attached hydrogens (tertiary/aromatic N) is 2. The van der Waals surface area contributed by atoms with Crippen molar-refractivity contribution in [2.75, 3.05) is 10.6 Å². The highest BCUT2D eigenvalue weighted by Gasteiger charge is 2.10. The van der Waals surface area contributed by atoms with Crippen LogP contribution >= 0.6 is 0 Å². The predicted molar refractivity (Wildman–Crippen MR) is 100 cm³/mol. The lowest BCUT2D eigenvalue weighted by molar-refractivity contribution is 0.102. The zero-order valence-corrected chi connectivity index (χ0v) is 14.5. The van der Waals surface area contributed by atoms with Crippen LogP contribution in [0.3, 0.4) is 0 Å². The van der Waals surface area contributed by atoms with E-state index in [-0.39, 0.29) is 11.5 Å². The van der Waals surface area contributed by atoms with Crippen molar-refractivity contribution in [2.45, 2.75) is 19.8 Å². The molecule has 1 aromatic heterocycles. The topological polar surface area (TPSA) is 66.9 Å². The van der Waals surface area contributed by atoms with E-state index >= 15 is 0 Å². The highest BCUT2D eigenvalue weighted by Crippen LogP contribution is 2.26. The number of hydrogen-bond donors (Lipinski definition) is 2. The van der Waals surface area contributed by atoms with Gasteiger partial charge < -0.3 is 10.6 Å². The van der Waals surface area contributed by atoms with Gasteiger partial charge in [0, 0.05) is 11.4 Å². The van der Waals surface area contributed by atoms with Gasteiger partial charge in [0.15, 0.2) is 11.5 Å². The summed E-state index contributed by atoms with van der Waals surface area (Å²) in [6.07, 6.45) is 0. The van der Waals surface area contributed by atoms with E-state index in [1.165, 1.54) is 29.8 Å². The molecule has 0 bridgehead atoms. The molecule has 0 radical (unpaired) electrons. The Morgan fingerprint density at radius 3 is 2.35 bits per heavy atom. The molecule has 2 N–H and O–H groups in total. The van der Waals surface area contributed by atoms with Crippen molar-refractivity contribution in [3.05, 3.63) is 77.7 Å². The first kappa shape index (κ1) is 17.5. The average molecular weight is 350 g/mol. The van der Waals surface area contributed by atoms with Crippen molar-refractivity contribution in [3.63, 3.8) is 0 Å². The van der Waals surface area contributed by atoms with Crippen molar-refractivity contribution in [1.82, 2.24) is 10.2 Å². The molecule has 1 heterocycles. The van der Waals surface area contributed by atoms with Crippen molar-refractivity contribution in [1.29, 1.82) is 0 Å². The molecule has 0 unspecified atom stereocenters. The van der Waals surface area contributed by atoms with Crippen LogP contribution in [0, 0.1) is 5.82 Å². The molecule has 3 rings (SSSR count). The molecule has 132 valence electrons. The Labute approximate surface area is 151 Å². The van der Waals surface area contributed by atoms with Crippen LogP contribution in [0.5, 0.6) is 0 Å². The van der Waals surface area contributed by atoms with E-state index in [2.05, 4.69) is 40.7 Å². The number of anilines is 3. The monoisotopic (exact) mass is 350 g/mol. The SMILES string of the molecule is CC(C)c1ccccc1Nc1ccc(C(=O)Nc2ccc(F)cc2)nn1. The molecular formula is C20H19FN4O. The van der Waals surface area contributed by atoms with Gasteiger partial charge in [-0.1, -0.05) is 32.0 Å². The van der Waals surface area contributed by atoms with Crippen LogP contribution < -0.4 is 10.6 Å². The molecule has 6 heteroatoms. The smallest absolute Gasteiger partial charge is 0.276 e. The Morgan fingerprint density at radius 1 is 0.962 bits per heavy atom. The van der Waals surface area contributed by atoms with E-state index in [1.807, 2.05) is 18.2 Å². The highest BCUT2D eigenvalue weighted by molar-refractivity contribution is 6.02. The van der Waals surface area contributed by atoms with Crippen molar-refractivity contribution >= 4 is 23.1 Å². The van der Waals surface area contributed by atoms with E-state index in [0.717, 1.165) is 5.69 Å². The average Bonchev–Trinajstić information content (AvgIpc) is 2.64. The number of aromatic nitrogens is 2. The van der Waals surface area contributed by atoms with Gasteiger partial charge in [-0.05, 0) is 53.9 Å². The molecular weight excluding hydrogens is 331 g/mol. The summed E-state index contributed by atoms with van der Waals surface area (Å²) < 4.78 is 12.9. The normalized spacial score (nSPS) is 10.6. The number of hydrogen-bond acceptors (Lipinski definition) is 4. The fourth-order valence-electron chi connectivity index (χ4n) is 2.50. The van der Waals surface area contributed by atoms with Crippen LogP contribution in [0.15, 0.2) is 60.7 Å². The standard InChI is InChI=1S/C20H19FN4O/c1-13(2)16-5-3-4-6-17(16)23-19-12-11-18(24-25-19)20(26)22-15-9-7-14(21)8-10-15/h3-13H,1-2H3,(H,22,26)(H,23,25). The van der Waals surface area contributed by atoms with E-state index in [4.69, 9.17) is 0 Å². The second-order valence-electron chi connectivity index (χ2n) is 6.13. The molecule has 2 aromatic carbocycles. The van der Waals surface area contributed by atoms with E-state index in [1.54, 1.807) is 12.1 Å². The molecule has 0 atom stereocenters. The first-order valence-electron chi connectivity index (χ1n) is 8.29. The molecule has 5 nitrogen and oxygen atoms in total. The van der Waals surface area contributed by atoms with Crippen LogP contribution in [0.2, 0.25) is 0 Å². The molecule has 0 fully saturated rings. The predicted octanol–water partition coefficient (Wildman–Crippen LogP) is 4.74. The zero-order valence-electron chi connectivity index (χ0n) is 14.5. The molecule has 0 aliphatic heterocycles. The van der Waals surface area contributed by atoms with Crippen LogP contribution in [-0.2, 0) is 0 Å². The lowest BCUT2D eigenvalue weighted by Gasteiger charge is -2.13. The number of halogens is 1. The molecule has 1 amide bonds. The molecule has 0 saturated carbocycles. The maximum Gasteiger partial charge on any atom is 0.276 e. The Bertz CT molecular complexity index is 892. The summed E-state index contributed by atoms with van der Waals surface area (Å²) in [7, 11) is 0. The van der Waals surface area contributed by atoms with Crippen LogP contribution in [0.25, 0.3) is 0 Å². The summed E-state index contributed by atoms with van der Waals surface area (Å²) in [6.45, 7) is 4.24. The molecule has 0 aliphatic carbocycles. The van der Waals surface area contributed by atoms with Gasteiger partial charge in [-0.25, -0.2) is 4.39 Å². The number of nitrogens with one attached hydrogen (secondary N) is 2. The van der Waals surface area contributed by atoms with Gasteiger partial charge in [0.1, 0.15) is 5.82 Å². The number of carbonyl (C=O) groups excluding carboxylic acids is 1. The lowest BCUT2D eigenvalue weighted by Crippen LogP contribution is -2.14. The van der Waals surface area contributed by atoms with Gasteiger partial charge >= 0.3 is 0 Å². The number of para-hydroxylation sites is 1. The Kier molecular flexibility index (Phi) is 5.22. The van der Waals surface area contributed by atoms with Gasteiger partial charge in [0.25, 0.3) is 5.91 Å². The molecule has 0 aliphatic rings. The minimum atomic E-state index is -0.404. The first-order valence-corrected chi connectivity index (χ1v) is 8.29. The number of carbonyl (C=O) groups is 1. The number of rotatable bonds is 5. The third-order valence-corrected chi connectivity index (χ3v) is 3.84. The largest absolute Gasteiger partial charge is 0.338 e. The zero-order chi connectivity index (χ0) is 18.5. The molecule has 26 heavy (non-hydrogen) atoms. The van der Waals surface area contributed by atoms with E-state index in [9.17, 15) is 9.18 Å². The minimum absolute atomic E-state index is 0.178. The van der Waals surface area contributed by atoms with Gasteiger partial charge in [0.2, 0.25) is 0 Å². The maximum atomic E-state index is 12.9. The Morgan fingerprint density at radius 2 is 1.69 bits per heavy atom. The second-order valence-corrected chi connectivity index (χ2v) is 6.13. The van der Waals surface area contributed by atoms with Gasteiger partial charge in [-0.2, -0.15) is 0 Å². The van der Waals surface area contributed by atoms with E-state index < -0.39 is 5.91 Å². The van der Waals surface area contributed by atoms with Crippen molar-refractivity contribution in [2.24, 2.45) is 0 Å². The first-order chi connectivity index (χ1) is 12.5. The lowest BCUT2D eigenvalue weighted by atomic mass is 10.0. The molecule has 0 spiro atoms.